The molecule has 0 aromatic heterocycles. The molecule has 0 spiro atoms. The Kier molecular flexibility index (Phi) is 1.67. The zero-order valence-electron chi connectivity index (χ0n) is 8.31. The van der Waals surface area contributed by atoms with Crippen molar-refractivity contribution in [2.24, 2.45) is 5.11 Å². The first-order valence-corrected chi connectivity index (χ1v) is 4.85. The first-order valence-electron chi connectivity index (χ1n) is 4.85. The molecule has 1 aromatic rings. The number of nitrogens with zero attached hydrogens (tertiary/aromatic N) is 3. The van der Waals surface area contributed by atoms with Crippen LogP contribution < -0.4 is 5.36 Å². The zero-order valence-corrected chi connectivity index (χ0v) is 8.31. The van der Waals surface area contributed by atoms with Gasteiger partial charge in [0.1, 0.15) is 5.56 Å². The molecule has 0 saturated carbocycles. The molecule has 0 atom stereocenters. The van der Waals surface area contributed by atoms with Crippen LogP contribution in [-0.4, -0.2) is 0 Å². The molecular formula is C12H7N4+. The van der Waals surface area contributed by atoms with Crippen LogP contribution in [0.4, 0.5) is 5.69 Å². The summed E-state index contributed by atoms with van der Waals surface area (Å²) in [5, 5.41) is 13.9. The average molecular weight is 207 g/mol. The first kappa shape index (κ1) is 8.83. The Morgan fingerprint density at radius 2 is 2.06 bits per heavy atom. The van der Waals surface area contributed by atoms with Crippen LogP contribution in [-0.2, 0) is 0 Å². The fourth-order valence-corrected chi connectivity index (χ4v) is 2.04. The van der Waals surface area contributed by atoms with Crippen molar-refractivity contribution in [1.82, 2.24) is 0 Å². The molecule has 2 aliphatic carbocycles. The number of azide groups is 1. The lowest BCUT2D eigenvalue weighted by molar-refractivity contribution is 1.27. The smallest absolute Gasteiger partial charge is 0.166 e. The Morgan fingerprint density at radius 3 is 2.88 bits per heavy atom. The SMILES string of the molecule is [N-]=[N+]=Nc1ccc2c3cc(=N)[cH+]cc-3c2c1. The molecule has 3 rings (SSSR count). The highest BCUT2D eigenvalue weighted by Crippen LogP contribution is 2.41. The summed E-state index contributed by atoms with van der Waals surface area (Å²) in [6.45, 7) is 0. The number of fused-ring (bicyclic) bond motifs is 4. The molecule has 1 aromatic carbocycles. The fourth-order valence-electron chi connectivity index (χ4n) is 2.04. The molecule has 0 unspecified atom stereocenters. The van der Waals surface area contributed by atoms with Gasteiger partial charge in [-0.1, -0.05) is 11.2 Å². The highest BCUT2D eigenvalue weighted by Gasteiger charge is 2.22. The summed E-state index contributed by atoms with van der Waals surface area (Å²) in [4.78, 5) is 2.77. The lowest BCUT2D eigenvalue weighted by Gasteiger charge is -2.10. The summed E-state index contributed by atoms with van der Waals surface area (Å²) in [5.41, 5.74) is 11.2. The van der Waals surface area contributed by atoms with Crippen LogP contribution in [0.2, 0.25) is 0 Å². The Morgan fingerprint density at radius 1 is 1.19 bits per heavy atom. The van der Waals surface area contributed by atoms with Gasteiger partial charge in [-0.2, -0.15) is 0 Å². The van der Waals surface area contributed by atoms with Crippen LogP contribution in [0.1, 0.15) is 0 Å². The predicted octanol–water partition coefficient (Wildman–Crippen LogP) is 3.52. The summed E-state index contributed by atoms with van der Waals surface area (Å²) >= 11 is 0. The largest absolute Gasteiger partial charge is 0.275 e. The van der Waals surface area contributed by atoms with Gasteiger partial charge in [0.15, 0.2) is 5.36 Å². The third kappa shape index (κ3) is 1.08. The van der Waals surface area contributed by atoms with Crippen LogP contribution in [0, 0.1) is 5.41 Å². The van der Waals surface area contributed by atoms with E-state index in [0.717, 1.165) is 21.9 Å². The summed E-state index contributed by atoms with van der Waals surface area (Å²) in [7, 11) is 0. The number of rotatable bonds is 1. The standard InChI is InChI=1S/C12H7N4/c13-7-1-3-9-11(5-7)10-4-2-8(15-16-14)6-12(9)10/h1-6,13H/q+1. The van der Waals surface area contributed by atoms with Gasteiger partial charge < -0.3 is 0 Å². The van der Waals surface area contributed by atoms with E-state index in [-0.39, 0.29) is 0 Å². The molecule has 0 bridgehead atoms. The van der Waals surface area contributed by atoms with Gasteiger partial charge >= 0.3 is 0 Å². The van der Waals surface area contributed by atoms with Crippen molar-refractivity contribution in [2.45, 2.75) is 0 Å². The van der Waals surface area contributed by atoms with Crippen LogP contribution in [0.25, 0.3) is 32.3 Å². The minimum Gasteiger partial charge on any atom is -0.275 e. The van der Waals surface area contributed by atoms with Crippen molar-refractivity contribution in [3.05, 3.63) is 52.2 Å². The van der Waals surface area contributed by atoms with Crippen molar-refractivity contribution in [3.8, 4) is 11.1 Å². The van der Waals surface area contributed by atoms with Crippen LogP contribution in [0.15, 0.2) is 41.5 Å². The van der Waals surface area contributed by atoms with Crippen molar-refractivity contribution in [2.75, 3.05) is 0 Å². The third-order valence-electron chi connectivity index (χ3n) is 2.76. The van der Waals surface area contributed by atoms with Gasteiger partial charge in [-0.05, 0) is 17.7 Å². The van der Waals surface area contributed by atoms with E-state index in [1.54, 1.807) is 12.1 Å². The van der Waals surface area contributed by atoms with Gasteiger partial charge in [0.2, 0.25) is 0 Å². The Hall–Kier alpha value is -2.45. The second-order valence-corrected chi connectivity index (χ2v) is 3.68. The second kappa shape index (κ2) is 3.02. The topological polar surface area (TPSA) is 72.6 Å². The van der Waals surface area contributed by atoms with Crippen molar-refractivity contribution >= 4 is 16.5 Å². The molecule has 1 N–H and O–H groups in total. The fraction of sp³-hybridized carbons (Fsp3) is 0. The van der Waals surface area contributed by atoms with E-state index in [9.17, 15) is 0 Å². The zero-order chi connectivity index (χ0) is 11.1. The van der Waals surface area contributed by atoms with Gasteiger partial charge in [-0.3, -0.25) is 5.41 Å². The molecular weight excluding hydrogens is 200 g/mol. The normalized spacial score (nSPS) is 10.8. The van der Waals surface area contributed by atoms with Gasteiger partial charge in [0.25, 0.3) is 0 Å². The molecule has 0 saturated heterocycles. The first-order chi connectivity index (χ1) is 7.79. The van der Waals surface area contributed by atoms with Crippen LogP contribution in [0.5, 0.6) is 0 Å². The van der Waals surface area contributed by atoms with E-state index in [1.807, 2.05) is 24.3 Å². The lowest BCUT2D eigenvalue weighted by Crippen LogP contribution is -2.01. The quantitative estimate of drug-likeness (QED) is 0.274. The maximum absolute atomic E-state index is 8.36. The monoisotopic (exact) mass is 207 g/mol. The Bertz CT molecular complexity index is 734. The van der Waals surface area contributed by atoms with Gasteiger partial charge in [-0.15, -0.1) is 0 Å². The van der Waals surface area contributed by atoms with Crippen molar-refractivity contribution in [1.29, 1.82) is 5.41 Å². The highest BCUT2D eigenvalue weighted by molar-refractivity contribution is 6.15. The number of hydrogen-bond donors (Lipinski definition) is 1. The number of nitrogens with one attached hydrogen (secondary N) is 1. The van der Waals surface area contributed by atoms with E-state index in [1.165, 1.54) is 0 Å². The predicted molar refractivity (Wildman–Crippen MR) is 62.0 cm³/mol. The van der Waals surface area contributed by atoms with E-state index < -0.39 is 0 Å². The molecule has 0 amide bonds. The molecule has 0 fully saturated rings. The minimum atomic E-state index is 0.517. The van der Waals surface area contributed by atoms with Crippen molar-refractivity contribution in [3.63, 3.8) is 0 Å². The minimum absolute atomic E-state index is 0.517. The second-order valence-electron chi connectivity index (χ2n) is 3.68. The van der Waals surface area contributed by atoms with Crippen LogP contribution in [0.3, 0.4) is 0 Å². The lowest BCUT2D eigenvalue weighted by atomic mass is 9.87. The van der Waals surface area contributed by atoms with Gasteiger partial charge in [0.05, 0.1) is 23.8 Å². The maximum atomic E-state index is 8.36. The third-order valence-corrected chi connectivity index (χ3v) is 2.76. The molecule has 2 aliphatic rings. The van der Waals surface area contributed by atoms with E-state index in [0.29, 0.717) is 11.0 Å². The van der Waals surface area contributed by atoms with Crippen molar-refractivity contribution < 1.29 is 0 Å². The van der Waals surface area contributed by atoms with Crippen LogP contribution >= 0.6 is 0 Å². The average Bonchev–Trinajstić information content (AvgIpc) is 2.27. The van der Waals surface area contributed by atoms with Gasteiger partial charge in [-0.25, -0.2) is 0 Å². The molecule has 0 heterocycles. The number of benzene rings is 2. The summed E-state index contributed by atoms with van der Waals surface area (Å²) in [5.74, 6) is 0. The molecule has 0 radical (unpaired) electrons. The Labute approximate surface area is 90.9 Å². The number of hydrogen-bond acceptors (Lipinski definition) is 2. The van der Waals surface area contributed by atoms with E-state index >= 15 is 0 Å². The highest BCUT2D eigenvalue weighted by atomic mass is 15.1. The summed E-state index contributed by atoms with van der Waals surface area (Å²) in [6.07, 6.45) is 0. The molecule has 74 valence electrons. The van der Waals surface area contributed by atoms with Gasteiger partial charge in [0, 0.05) is 21.4 Å². The summed E-state index contributed by atoms with van der Waals surface area (Å²) in [6, 6.07) is 11.1. The Balaban J connectivity index is 2.36. The summed E-state index contributed by atoms with van der Waals surface area (Å²) < 4.78 is 0. The molecule has 4 nitrogen and oxygen atoms in total. The van der Waals surface area contributed by atoms with E-state index in [2.05, 4.69) is 10.0 Å². The molecule has 4 heteroatoms. The molecule has 16 heavy (non-hydrogen) atoms. The van der Waals surface area contributed by atoms with E-state index in [4.69, 9.17) is 10.9 Å². The molecule has 0 aliphatic heterocycles. The maximum Gasteiger partial charge on any atom is 0.166 e.